The first kappa shape index (κ1) is 22.4. The van der Waals surface area contributed by atoms with Crippen molar-refractivity contribution in [1.29, 1.82) is 0 Å². The van der Waals surface area contributed by atoms with Crippen molar-refractivity contribution in [3.8, 4) is 5.75 Å². The maximum atomic E-state index is 12.5. The molecule has 0 bridgehead atoms. The lowest BCUT2D eigenvalue weighted by Gasteiger charge is -2.20. The number of nitrogens with one attached hydrogen (secondary N) is 2. The minimum atomic E-state index is -3.91. The Hall–Kier alpha value is -2.91. The molecule has 156 valence electrons. The first-order chi connectivity index (χ1) is 13.7. The van der Waals surface area contributed by atoms with Crippen molar-refractivity contribution in [2.75, 3.05) is 19.0 Å². The molecule has 0 fully saturated rings. The van der Waals surface area contributed by atoms with Crippen LogP contribution in [0.5, 0.6) is 5.75 Å². The van der Waals surface area contributed by atoms with E-state index in [0.717, 1.165) is 0 Å². The van der Waals surface area contributed by atoms with Gasteiger partial charge >= 0.3 is 5.97 Å². The van der Waals surface area contributed by atoms with Gasteiger partial charge in [-0.25, -0.2) is 8.42 Å². The summed E-state index contributed by atoms with van der Waals surface area (Å²) >= 11 is 0. The predicted octanol–water partition coefficient (Wildman–Crippen LogP) is 2.18. The number of amides is 1. The van der Waals surface area contributed by atoms with Crippen molar-refractivity contribution in [3.05, 3.63) is 54.6 Å². The summed E-state index contributed by atoms with van der Waals surface area (Å²) < 4.78 is 37.4. The summed E-state index contributed by atoms with van der Waals surface area (Å²) in [6.07, 6.45) is 0. The molecule has 1 atom stereocenters. The Bertz CT molecular complexity index is 927. The third-order valence-electron chi connectivity index (χ3n) is 3.98. The second-order valence-electron chi connectivity index (χ2n) is 6.54. The second-order valence-corrected chi connectivity index (χ2v) is 8.25. The number of esters is 1. The number of hydrogen-bond acceptors (Lipinski definition) is 6. The lowest BCUT2D eigenvalue weighted by Crippen LogP contribution is -2.45. The van der Waals surface area contributed by atoms with Gasteiger partial charge in [0.25, 0.3) is 5.91 Å². The lowest BCUT2D eigenvalue weighted by molar-refractivity contribution is -0.150. The standard InChI is InChI=1S/C20H24N2O6S/c1-14(2)19(22-29(25,26)17-7-5-4-6-8-17)20(24)28-13-18(23)21-15-9-11-16(27-3)12-10-15/h4-12,14,19,22H,13H2,1-3H3,(H,21,23)/t19-/m1/s1. The van der Waals surface area contributed by atoms with Gasteiger partial charge < -0.3 is 14.8 Å². The van der Waals surface area contributed by atoms with Crippen LogP contribution in [0.1, 0.15) is 13.8 Å². The Morgan fingerprint density at radius 1 is 1.00 bits per heavy atom. The van der Waals surface area contributed by atoms with Gasteiger partial charge in [0.1, 0.15) is 11.8 Å². The van der Waals surface area contributed by atoms with Crippen molar-refractivity contribution in [2.24, 2.45) is 5.92 Å². The normalized spacial score (nSPS) is 12.3. The minimum Gasteiger partial charge on any atom is -0.497 e. The SMILES string of the molecule is COc1ccc(NC(=O)COC(=O)[C@H](NS(=O)(=O)c2ccccc2)C(C)C)cc1. The zero-order valence-electron chi connectivity index (χ0n) is 16.4. The van der Waals surface area contributed by atoms with Gasteiger partial charge in [-0.2, -0.15) is 4.72 Å². The average molecular weight is 420 g/mol. The first-order valence-corrected chi connectivity index (χ1v) is 10.4. The fourth-order valence-electron chi connectivity index (χ4n) is 2.39. The zero-order valence-corrected chi connectivity index (χ0v) is 17.2. The Morgan fingerprint density at radius 2 is 1.62 bits per heavy atom. The number of carbonyl (C=O) groups excluding carboxylic acids is 2. The average Bonchev–Trinajstić information content (AvgIpc) is 2.71. The molecule has 0 aromatic heterocycles. The van der Waals surface area contributed by atoms with E-state index in [9.17, 15) is 18.0 Å². The molecule has 29 heavy (non-hydrogen) atoms. The molecule has 8 nitrogen and oxygen atoms in total. The highest BCUT2D eigenvalue weighted by molar-refractivity contribution is 7.89. The molecule has 2 rings (SSSR count). The Morgan fingerprint density at radius 3 is 2.17 bits per heavy atom. The Balaban J connectivity index is 1.95. The number of sulfonamides is 1. The minimum absolute atomic E-state index is 0.0377. The van der Waals surface area contributed by atoms with Gasteiger partial charge in [0, 0.05) is 5.69 Å². The van der Waals surface area contributed by atoms with Crippen LogP contribution in [0.3, 0.4) is 0 Å². The molecule has 0 spiro atoms. The molecule has 0 unspecified atom stereocenters. The molecule has 0 aliphatic heterocycles. The van der Waals surface area contributed by atoms with Crippen LogP contribution < -0.4 is 14.8 Å². The van der Waals surface area contributed by atoms with Crippen molar-refractivity contribution < 1.29 is 27.5 Å². The monoisotopic (exact) mass is 420 g/mol. The third-order valence-corrected chi connectivity index (χ3v) is 5.43. The van der Waals surface area contributed by atoms with Gasteiger partial charge in [-0.15, -0.1) is 0 Å². The number of ether oxygens (including phenoxy) is 2. The molecule has 2 aromatic carbocycles. The highest BCUT2D eigenvalue weighted by atomic mass is 32.2. The highest BCUT2D eigenvalue weighted by Gasteiger charge is 2.30. The van der Waals surface area contributed by atoms with E-state index in [1.807, 2.05) is 0 Å². The first-order valence-electron chi connectivity index (χ1n) is 8.91. The zero-order chi connectivity index (χ0) is 21.4. The van der Waals surface area contributed by atoms with Crippen molar-refractivity contribution in [3.63, 3.8) is 0 Å². The van der Waals surface area contributed by atoms with Crippen LogP contribution in [0.2, 0.25) is 0 Å². The summed E-state index contributed by atoms with van der Waals surface area (Å²) in [7, 11) is -2.37. The van der Waals surface area contributed by atoms with Gasteiger partial charge in [0.05, 0.1) is 12.0 Å². The molecule has 2 aromatic rings. The van der Waals surface area contributed by atoms with E-state index in [1.165, 1.54) is 19.2 Å². The largest absolute Gasteiger partial charge is 0.497 e. The maximum Gasteiger partial charge on any atom is 0.324 e. The summed E-state index contributed by atoms with van der Waals surface area (Å²) in [4.78, 5) is 24.4. The molecule has 0 radical (unpaired) electrons. The number of anilines is 1. The lowest BCUT2D eigenvalue weighted by atomic mass is 10.1. The molecule has 0 saturated heterocycles. The molecule has 0 aliphatic carbocycles. The number of rotatable bonds is 9. The van der Waals surface area contributed by atoms with E-state index < -0.39 is 34.5 Å². The van der Waals surface area contributed by atoms with Crippen LogP contribution in [0, 0.1) is 5.92 Å². The molecule has 2 N–H and O–H groups in total. The maximum absolute atomic E-state index is 12.5. The van der Waals surface area contributed by atoms with Crippen molar-refractivity contribution in [1.82, 2.24) is 4.72 Å². The number of carbonyl (C=O) groups is 2. The Kier molecular flexibility index (Phi) is 7.74. The van der Waals surface area contributed by atoms with Crippen LogP contribution in [0.15, 0.2) is 59.5 Å². The fraction of sp³-hybridized carbons (Fsp3) is 0.300. The van der Waals surface area contributed by atoms with Crippen LogP contribution >= 0.6 is 0 Å². The summed E-state index contributed by atoms with van der Waals surface area (Å²) in [5, 5.41) is 2.58. The molecule has 1 amide bonds. The van der Waals surface area contributed by atoms with Crippen LogP contribution in [-0.2, 0) is 24.3 Å². The summed E-state index contributed by atoms with van der Waals surface area (Å²) in [5.41, 5.74) is 0.511. The molecular formula is C20H24N2O6S. The van der Waals surface area contributed by atoms with E-state index in [2.05, 4.69) is 10.0 Å². The molecule has 0 aliphatic rings. The fourth-order valence-corrected chi connectivity index (χ4v) is 3.74. The van der Waals surface area contributed by atoms with Gasteiger partial charge in [-0.1, -0.05) is 32.0 Å². The predicted molar refractivity (Wildman–Crippen MR) is 108 cm³/mol. The van der Waals surface area contributed by atoms with Crippen molar-refractivity contribution in [2.45, 2.75) is 24.8 Å². The van der Waals surface area contributed by atoms with E-state index in [0.29, 0.717) is 11.4 Å². The molecule has 0 heterocycles. The smallest absolute Gasteiger partial charge is 0.324 e. The number of hydrogen-bond donors (Lipinski definition) is 2. The molecular weight excluding hydrogens is 396 g/mol. The van der Waals surface area contributed by atoms with Gasteiger partial charge in [-0.3, -0.25) is 9.59 Å². The quantitative estimate of drug-likeness (QED) is 0.602. The van der Waals surface area contributed by atoms with E-state index in [-0.39, 0.29) is 10.8 Å². The van der Waals surface area contributed by atoms with Crippen LogP contribution in [-0.4, -0.2) is 40.1 Å². The van der Waals surface area contributed by atoms with E-state index in [4.69, 9.17) is 9.47 Å². The number of methoxy groups -OCH3 is 1. The summed E-state index contributed by atoms with van der Waals surface area (Å²) in [6, 6.07) is 13.2. The summed E-state index contributed by atoms with van der Waals surface area (Å²) in [5.74, 6) is -1.12. The van der Waals surface area contributed by atoms with E-state index >= 15 is 0 Å². The van der Waals surface area contributed by atoms with Gasteiger partial charge in [-0.05, 0) is 42.3 Å². The molecule has 9 heteroatoms. The van der Waals surface area contributed by atoms with Crippen LogP contribution in [0.4, 0.5) is 5.69 Å². The van der Waals surface area contributed by atoms with Gasteiger partial charge in [0.15, 0.2) is 6.61 Å². The third kappa shape index (κ3) is 6.58. The van der Waals surface area contributed by atoms with Crippen LogP contribution in [0.25, 0.3) is 0 Å². The molecule has 0 saturated carbocycles. The second kappa shape index (κ2) is 10.0. The number of benzene rings is 2. The van der Waals surface area contributed by atoms with Gasteiger partial charge in [0.2, 0.25) is 10.0 Å². The topological polar surface area (TPSA) is 111 Å². The highest BCUT2D eigenvalue weighted by Crippen LogP contribution is 2.15. The van der Waals surface area contributed by atoms with E-state index in [1.54, 1.807) is 56.3 Å². The summed E-state index contributed by atoms with van der Waals surface area (Å²) in [6.45, 7) is 2.81. The van der Waals surface area contributed by atoms with Crippen molar-refractivity contribution >= 4 is 27.6 Å². The Labute approximate surface area is 170 Å².